The highest BCUT2D eigenvalue weighted by atomic mass is 16.3. The number of likely N-dealkylation sites (N-methyl/N-ethyl adjacent to an activating group) is 1. The van der Waals surface area contributed by atoms with Crippen LogP contribution in [0.5, 0.6) is 0 Å². The molecule has 2 amide bonds. The van der Waals surface area contributed by atoms with Crippen LogP contribution in [0.4, 0.5) is 0 Å². The fraction of sp³-hybridized carbons (Fsp3) is 0.435. The van der Waals surface area contributed by atoms with Gasteiger partial charge in [0.15, 0.2) is 0 Å². The molecule has 0 unspecified atom stereocenters. The number of carbonyl (C=O) groups excluding carboxylic acids is 2. The Balaban J connectivity index is 1.60. The lowest BCUT2D eigenvalue weighted by atomic mass is 9.74. The Hall–Kier alpha value is -2.73. The van der Waals surface area contributed by atoms with E-state index < -0.39 is 0 Å². The van der Waals surface area contributed by atoms with E-state index in [1.807, 2.05) is 23.2 Å². The molecule has 0 radical (unpaired) electrons. The number of hydrogen-bond donors (Lipinski definition) is 1. The topological polar surface area (TPSA) is 73.7 Å². The second kappa shape index (κ2) is 7.95. The van der Waals surface area contributed by atoms with E-state index in [1.165, 1.54) is 6.92 Å². The monoisotopic (exact) mass is 393 g/mol. The Kier molecular flexibility index (Phi) is 5.37. The van der Waals surface area contributed by atoms with E-state index >= 15 is 0 Å². The molecular formula is C23H27N3O3. The number of nitrogens with zero attached hydrogens (tertiary/aromatic N) is 3. The lowest BCUT2D eigenvalue weighted by Crippen LogP contribution is -2.68. The van der Waals surface area contributed by atoms with Gasteiger partial charge in [0.2, 0.25) is 11.8 Å². The first-order chi connectivity index (χ1) is 14.0. The van der Waals surface area contributed by atoms with Crippen molar-refractivity contribution < 1.29 is 14.7 Å². The average Bonchev–Trinajstić information content (AvgIpc) is 3.57. The summed E-state index contributed by atoms with van der Waals surface area (Å²) < 4.78 is 0. The smallest absolute Gasteiger partial charge is 0.226 e. The van der Waals surface area contributed by atoms with Crippen LogP contribution in [-0.2, 0) is 9.59 Å². The number of likely N-dealkylation sites (tertiary alicyclic amines) is 1. The Morgan fingerprint density at radius 3 is 2.41 bits per heavy atom. The lowest BCUT2D eigenvalue weighted by molar-refractivity contribution is -0.155. The Morgan fingerprint density at radius 1 is 1.14 bits per heavy atom. The van der Waals surface area contributed by atoms with Crippen LogP contribution < -0.4 is 0 Å². The highest BCUT2D eigenvalue weighted by molar-refractivity contribution is 5.83. The fourth-order valence-corrected chi connectivity index (χ4v) is 4.30. The highest BCUT2D eigenvalue weighted by Crippen LogP contribution is 2.45. The van der Waals surface area contributed by atoms with Gasteiger partial charge in [0.1, 0.15) is 0 Å². The first kappa shape index (κ1) is 19.6. The van der Waals surface area contributed by atoms with Gasteiger partial charge in [0.05, 0.1) is 18.7 Å². The standard InChI is InChI=1S/C23H27N3O3/c1-15(28)25(2)13-20-22(21(14-27)26(20)23(29)18-9-10-18)17-7-5-16(6-8-17)19-4-3-11-24-12-19/h3-8,11-12,18,20-22,27H,9-10,13-14H2,1-2H3/t20-,21+,22+/m0/s1. The summed E-state index contributed by atoms with van der Waals surface area (Å²) in [6, 6.07) is 11.8. The molecular weight excluding hydrogens is 366 g/mol. The number of aliphatic hydroxyl groups excluding tert-OH is 1. The third-order valence-electron chi connectivity index (χ3n) is 6.20. The molecule has 3 atom stereocenters. The number of rotatable bonds is 6. The second-order valence-corrected chi connectivity index (χ2v) is 8.13. The van der Waals surface area contributed by atoms with Gasteiger partial charge in [-0.15, -0.1) is 0 Å². The molecule has 6 nitrogen and oxygen atoms in total. The van der Waals surface area contributed by atoms with Gasteiger partial charge in [0.25, 0.3) is 0 Å². The van der Waals surface area contributed by atoms with E-state index in [4.69, 9.17) is 0 Å². The van der Waals surface area contributed by atoms with Gasteiger partial charge in [-0.2, -0.15) is 0 Å². The van der Waals surface area contributed by atoms with Gasteiger partial charge in [-0.1, -0.05) is 30.3 Å². The zero-order chi connectivity index (χ0) is 20.5. The number of carbonyl (C=O) groups is 2. The Labute approximate surface area is 171 Å². The molecule has 6 heteroatoms. The maximum absolute atomic E-state index is 12.8. The summed E-state index contributed by atoms with van der Waals surface area (Å²) in [5.41, 5.74) is 3.20. The number of benzene rings is 1. The van der Waals surface area contributed by atoms with Crippen molar-refractivity contribution in [2.75, 3.05) is 20.2 Å². The van der Waals surface area contributed by atoms with Gasteiger partial charge in [-0.25, -0.2) is 0 Å². The van der Waals surface area contributed by atoms with Gasteiger partial charge in [0, 0.05) is 44.7 Å². The van der Waals surface area contributed by atoms with Crippen LogP contribution in [0.2, 0.25) is 0 Å². The van der Waals surface area contributed by atoms with E-state index in [0.29, 0.717) is 6.54 Å². The fourth-order valence-electron chi connectivity index (χ4n) is 4.30. The molecule has 4 rings (SSSR count). The lowest BCUT2D eigenvalue weighted by Gasteiger charge is -2.56. The zero-order valence-corrected chi connectivity index (χ0v) is 16.9. The van der Waals surface area contributed by atoms with Crippen molar-refractivity contribution in [2.24, 2.45) is 5.92 Å². The molecule has 2 aliphatic rings. The first-order valence-corrected chi connectivity index (χ1v) is 10.2. The normalized spacial score (nSPS) is 23.4. The number of pyridine rings is 1. The molecule has 2 heterocycles. The molecule has 1 aromatic heterocycles. The summed E-state index contributed by atoms with van der Waals surface area (Å²) in [7, 11) is 1.76. The zero-order valence-electron chi connectivity index (χ0n) is 16.9. The van der Waals surface area contributed by atoms with Crippen LogP contribution in [0.15, 0.2) is 48.8 Å². The Morgan fingerprint density at radius 2 is 1.86 bits per heavy atom. The molecule has 152 valence electrons. The van der Waals surface area contributed by atoms with Crippen molar-refractivity contribution in [1.29, 1.82) is 0 Å². The molecule has 2 fully saturated rings. The van der Waals surface area contributed by atoms with E-state index in [9.17, 15) is 14.7 Å². The highest BCUT2D eigenvalue weighted by Gasteiger charge is 2.53. The molecule has 1 saturated heterocycles. The van der Waals surface area contributed by atoms with Crippen LogP contribution >= 0.6 is 0 Å². The molecule has 1 aromatic carbocycles. The summed E-state index contributed by atoms with van der Waals surface area (Å²) in [4.78, 5) is 32.3. The number of amides is 2. The molecule has 1 N–H and O–H groups in total. The second-order valence-electron chi connectivity index (χ2n) is 8.13. The largest absolute Gasteiger partial charge is 0.394 e. The van der Waals surface area contributed by atoms with Crippen LogP contribution in [0.1, 0.15) is 31.2 Å². The number of aromatic nitrogens is 1. The van der Waals surface area contributed by atoms with E-state index in [2.05, 4.69) is 29.2 Å². The molecule has 1 aliphatic carbocycles. The molecule has 1 aliphatic heterocycles. The third kappa shape index (κ3) is 3.77. The van der Waals surface area contributed by atoms with Gasteiger partial charge in [-0.3, -0.25) is 14.6 Å². The van der Waals surface area contributed by atoms with E-state index in [-0.39, 0.29) is 42.3 Å². The minimum Gasteiger partial charge on any atom is -0.394 e. The van der Waals surface area contributed by atoms with Crippen LogP contribution in [0.25, 0.3) is 11.1 Å². The summed E-state index contributed by atoms with van der Waals surface area (Å²) in [5.74, 6) is 0.187. The van der Waals surface area contributed by atoms with E-state index in [0.717, 1.165) is 29.5 Å². The van der Waals surface area contributed by atoms with E-state index in [1.54, 1.807) is 18.1 Å². The molecule has 1 saturated carbocycles. The van der Waals surface area contributed by atoms with Crippen LogP contribution in [-0.4, -0.2) is 64.0 Å². The number of hydrogen-bond acceptors (Lipinski definition) is 4. The predicted molar refractivity (Wildman–Crippen MR) is 110 cm³/mol. The van der Waals surface area contributed by atoms with Crippen molar-refractivity contribution in [3.05, 3.63) is 54.4 Å². The summed E-state index contributed by atoms with van der Waals surface area (Å²) in [6.45, 7) is 1.93. The molecule has 29 heavy (non-hydrogen) atoms. The summed E-state index contributed by atoms with van der Waals surface area (Å²) in [5, 5.41) is 10.1. The SMILES string of the molecule is CC(=O)N(C)C[C@H]1[C@@H](c2ccc(-c3cccnc3)cc2)[C@@H](CO)N1C(=O)C1CC1. The summed E-state index contributed by atoms with van der Waals surface area (Å²) in [6.07, 6.45) is 5.43. The van der Waals surface area contributed by atoms with Crippen molar-refractivity contribution >= 4 is 11.8 Å². The van der Waals surface area contributed by atoms with Crippen molar-refractivity contribution in [1.82, 2.24) is 14.8 Å². The maximum atomic E-state index is 12.8. The minimum atomic E-state index is -0.238. The molecule has 0 bridgehead atoms. The molecule has 0 spiro atoms. The quantitative estimate of drug-likeness (QED) is 0.817. The number of aliphatic hydroxyl groups is 1. The van der Waals surface area contributed by atoms with Gasteiger partial charge >= 0.3 is 0 Å². The van der Waals surface area contributed by atoms with Gasteiger partial charge < -0.3 is 14.9 Å². The van der Waals surface area contributed by atoms with Crippen molar-refractivity contribution in [2.45, 2.75) is 37.8 Å². The van der Waals surface area contributed by atoms with Crippen molar-refractivity contribution in [3.8, 4) is 11.1 Å². The third-order valence-corrected chi connectivity index (χ3v) is 6.20. The molecule has 2 aromatic rings. The van der Waals surface area contributed by atoms with Gasteiger partial charge in [-0.05, 0) is 35.6 Å². The van der Waals surface area contributed by atoms with Crippen molar-refractivity contribution in [3.63, 3.8) is 0 Å². The minimum absolute atomic E-state index is 0.00690. The average molecular weight is 393 g/mol. The predicted octanol–water partition coefficient (Wildman–Crippen LogP) is 2.29. The van der Waals surface area contributed by atoms with Crippen LogP contribution in [0.3, 0.4) is 0 Å². The Bertz CT molecular complexity index is 880. The first-order valence-electron chi connectivity index (χ1n) is 10.2. The maximum Gasteiger partial charge on any atom is 0.226 e. The van der Waals surface area contributed by atoms with Crippen LogP contribution in [0, 0.1) is 5.92 Å². The summed E-state index contributed by atoms with van der Waals surface area (Å²) >= 11 is 0.